The Balaban J connectivity index is 0.00000243. The van der Waals surface area contributed by atoms with Gasteiger partial charge in [0.1, 0.15) is 11.6 Å². The van der Waals surface area contributed by atoms with Gasteiger partial charge < -0.3 is 10.1 Å². The summed E-state index contributed by atoms with van der Waals surface area (Å²) in [5, 5.41) is 15.9. The van der Waals surface area contributed by atoms with Crippen molar-refractivity contribution in [3.05, 3.63) is 71.7 Å². The first-order chi connectivity index (χ1) is 11.9. The summed E-state index contributed by atoms with van der Waals surface area (Å²) in [6.45, 7) is 3.75. The van der Waals surface area contributed by atoms with Gasteiger partial charge in [-0.15, -0.1) is 11.6 Å². The molecule has 3 aromatic rings. The zero-order valence-corrected chi connectivity index (χ0v) is 16.2. The second-order valence-corrected chi connectivity index (χ2v) is 5.90. The fourth-order valence-electron chi connectivity index (χ4n) is 2.42. The van der Waals surface area contributed by atoms with E-state index >= 15 is 0 Å². The second kappa shape index (κ2) is 7.79. The molecule has 0 amide bonds. The smallest absolute Gasteiger partial charge is 0.354 e. The number of carbonyl (C=O) groups is 1. The molecule has 0 aromatic carbocycles. The third kappa shape index (κ3) is 3.83. The Labute approximate surface area is 163 Å². The molecule has 0 fully saturated rings. The topological polar surface area (TPSA) is 88.9 Å². The van der Waals surface area contributed by atoms with Gasteiger partial charge in [0.05, 0.1) is 5.69 Å². The van der Waals surface area contributed by atoms with Crippen molar-refractivity contribution in [1.82, 2.24) is 20.2 Å². The van der Waals surface area contributed by atoms with Crippen LogP contribution in [-0.2, 0) is 26.5 Å². The van der Waals surface area contributed by atoms with Crippen LogP contribution in [0.1, 0.15) is 35.7 Å². The summed E-state index contributed by atoms with van der Waals surface area (Å²) in [7, 11) is 0. The number of hydrogen-bond donors (Lipinski definition) is 1. The predicted molar refractivity (Wildman–Crippen MR) is 87.4 cm³/mol. The Morgan fingerprint density at radius 2 is 1.77 bits per heavy atom. The molecule has 0 aliphatic heterocycles. The molecule has 136 valence electrons. The fraction of sp³-hybridized carbons (Fsp3) is 0.167. The van der Waals surface area contributed by atoms with E-state index in [9.17, 15) is 9.18 Å². The number of aromatic nitrogens is 4. The Morgan fingerprint density at radius 1 is 1.12 bits per heavy atom. The predicted octanol–water partition coefficient (Wildman–Crippen LogP) is 2.89. The Hall–Kier alpha value is -2.53. The van der Waals surface area contributed by atoms with Crippen molar-refractivity contribution in [2.45, 2.75) is 19.3 Å². The van der Waals surface area contributed by atoms with E-state index in [4.69, 9.17) is 5.11 Å². The van der Waals surface area contributed by atoms with Crippen LogP contribution in [0.15, 0.2) is 42.6 Å². The summed E-state index contributed by atoms with van der Waals surface area (Å²) in [6, 6.07) is 12.7. The molecule has 0 atom stereocenters. The average molecular weight is 532 g/mol. The molecule has 0 saturated carbocycles. The van der Waals surface area contributed by atoms with E-state index in [0.717, 1.165) is 0 Å². The molecule has 6 nitrogen and oxygen atoms in total. The van der Waals surface area contributed by atoms with Crippen LogP contribution in [0, 0.1) is 12.0 Å². The molecular formula is C18H14FN4O2Pt-. The van der Waals surface area contributed by atoms with Gasteiger partial charge >= 0.3 is 5.97 Å². The molecule has 0 bridgehead atoms. The first-order valence-corrected chi connectivity index (χ1v) is 7.47. The molecule has 0 aliphatic rings. The van der Waals surface area contributed by atoms with Crippen LogP contribution in [-0.4, -0.2) is 31.2 Å². The maximum absolute atomic E-state index is 13.8. The van der Waals surface area contributed by atoms with Crippen molar-refractivity contribution in [2.24, 2.45) is 0 Å². The quantitative estimate of drug-likeness (QED) is 0.520. The van der Waals surface area contributed by atoms with Crippen molar-refractivity contribution < 1.29 is 35.4 Å². The van der Waals surface area contributed by atoms with Crippen LogP contribution in [0.2, 0.25) is 0 Å². The molecular weight excluding hydrogens is 518 g/mol. The summed E-state index contributed by atoms with van der Waals surface area (Å²) in [5.41, 5.74) is 0.934. The van der Waals surface area contributed by atoms with E-state index in [1.807, 2.05) is 13.8 Å². The van der Waals surface area contributed by atoms with Crippen molar-refractivity contribution in [2.75, 3.05) is 0 Å². The molecule has 26 heavy (non-hydrogen) atoms. The first kappa shape index (κ1) is 19.8. The van der Waals surface area contributed by atoms with Gasteiger partial charge in [-0.05, 0) is 43.9 Å². The van der Waals surface area contributed by atoms with Gasteiger partial charge in [-0.1, -0.05) is 18.2 Å². The zero-order valence-electron chi connectivity index (χ0n) is 13.9. The molecule has 1 N–H and O–H groups in total. The van der Waals surface area contributed by atoms with Gasteiger partial charge in [0, 0.05) is 32.2 Å². The van der Waals surface area contributed by atoms with Crippen LogP contribution in [0.5, 0.6) is 0 Å². The molecule has 8 heteroatoms. The van der Waals surface area contributed by atoms with Gasteiger partial charge in [0.15, 0.2) is 0 Å². The summed E-state index contributed by atoms with van der Waals surface area (Å²) in [5.74, 6) is -1.85. The number of carboxylic acid groups (broad SMARTS) is 1. The average Bonchev–Trinajstić information content (AvgIpc) is 2.62. The van der Waals surface area contributed by atoms with E-state index in [1.165, 1.54) is 12.3 Å². The molecule has 0 radical (unpaired) electrons. The molecule has 0 spiro atoms. The molecule has 0 saturated heterocycles. The van der Waals surface area contributed by atoms with E-state index in [2.05, 4.69) is 26.2 Å². The van der Waals surface area contributed by atoms with Gasteiger partial charge in [-0.3, -0.25) is 4.39 Å². The zero-order chi connectivity index (χ0) is 18.0. The molecule has 0 unspecified atom stereocenters. The SMILES string of the molecule is CC(C)(c1cccc(C(=O)O)n1)c1cccc(-c2[c-]cnnc2F)n1.[Pt]. The van der Waals surface area contributed by atoms with Crippen molar-refractivity contribution >= 4 is 5.97 Å². The van der Waals surface area contributed by atoms with Crippen LogP contribution in [0.4, 0.5) is 4.39 Å². The monoisotopic (exact) mass is 532 g/mol. The largest absolute Gasteiger partial charge is 0.477 e. The summed E-state index contributed by atoms with van der Waals surface area (Å²) < 4.78 is 13.8. The Bertz CT molecular complexity index is 950. The first-order valence-electron chi connectivity index (χ1n) is 7.47. The molecule has 3 heterocycles. The standard InChI is InChI=1S/C18H14FN4O2.Pt/c1-18(2,15-8-4-6-13(22-15)17(24)25)14-7-3-5-12(21-14)11-9-10-20-23-16(11)19;/h3-8,10H,1-2H3,(H,24,25);/q-1;. The number of rotatable bonds is 4. The molecule has 3 aromatic heterocycles. The maximum atomic E-state index is 13.8. The van der Waals surface area contributed by atoms with E-state index < -0.39 is 17.3 Å². The number of carboxylic acids is 1. The van der Waals surface area contributed by atoms with Gasteiger partial charge in [-0.25, -0.2) is 9.78 Å². The van der Waals surface area contributed by atoms with E-state index in [-0.39, 0.29) is 32.3 Å². The summed E-state index contributed by atoms with van der Waals surface area (Å²) >= 11 is 0. The minimum Gasteiger partial charge on any atom is -0.477 e. The molecule has 3 rings (SSSR count). The third-order valence-electron chi connectivity index (χ3n) is 3.87. The van der Waals surface area contributed by atoms with Crippen LogP contribution < -0.4 is 0 Å². The number of hydrogen-bond acceptors (Lipinski definition) is 5. The van der Waals surface area contributed by atoms with Gasteiger partial charge in [-0.2, -0.15) is 10.2 Å². The van der Waals surface area contributed by atoms with Crippen LogP contribution >= 0.6 is 0 Å². The summed E-state index contributed by atoms with van der Waals surface area (Å²) in [4.78, 5) is 19.9. The normalized spacial score (nSPS) is 10.9. The number of aromatic carboxylic acids is 1. The Morgan fingerprint density at radius 3 is 2.42 bits per heavy atom. The van der Waals surface area contributed by atoms with Crippen molar-refractivity contribution in [1.29, 1.82) is 0 Å². The number of halogens is 1. The van der Waals surface area contributed by atoms with Crippen LogP contribution in [0.3, 0.4) is 0 Å². The van der Waals surface area contributed by atoms with E-state index in [0.29, 0.717) is 17.1 Å². The van der Waals surface area contributed by atoms with E-state index in [1.54, 1.807) is 30.3 Å². The third-order valence-corrected chi connectivity index (χ3v) is 3.87. The van der Waals surface area contributed by atoms with Gasteiger partial charge in [0.2, 0.25) is 0 Å². The summed E-state index contributed by atoms with van der Waals surface area (Å²) in [6.07, 6.45) is 1.27. The Kier molecular flexibility index (Phi) is 5.93. The number of pyridine rings is 2. The molecule has 0 aliphatic carbocycles. The van der Waals surface area contributed by atoms with Crippen molar-refractivity contribution in [3.8, 4) is 11.3 Å². The number of nitrogens with zero attached hydrogens (tertiary/aromatic N) is 4. The minimum atomic E-state index is -1.10. The van der Waals surface area contributed by atoms with Crippen LogP contribution in [0.25, 0.3) is 11.3 Å². The van der Waals surface area contributed by atoms with Crippen molar-refractivity contribution in [3.63, 3.8) is 0 Å². The minimum absolute atomic E-state index is 0. The maximum Gasteiger partial charge on any atom is 0.354 e. The second-order valence-electron chi connectivity index (χ2n) is 5.90. The van der Waals surface area contributed by atoms with Gasteiger partial charge in [0.25, 0.3) is 0 Å². The fourth-order valence-corrected chi connectivity index (χ4v) is 2.42.